The van der Waals surface area contributed by atoms with Crippen molar-refractivity contribution in [3.63, 3.8) is 0 Å². The number of hydrogen-bond acceptors (Lipinski definition) is 4. The van der Waals surface area contributed by atoms with E-state index in [1.807, 2.05) is 26.0 Å². The third-order valence-electron chi connectivity index (χ3n) is 5.05. The molecule has 0 saturated carbocycles. The molecule has 0 aliphatic rings. The Labute approximate surface area is 180 Å². The van der Waals surface area contributed by atoms with Crippen molar-refractivity contribution in [1.82, 2.24) is 14.5 Å². The molecule has 0 aliphatic carbocycles. The number of unbranched alkanes of at least 4 members (excludes halogenated alkanes) is 5. The third kappa shape index (κ3) is 6.92. The number of nitrogens with one attached hydrogen (secondary N) is 1. The molecule has 0 fully saturated rings. The SMILES string of the molecule is C=CCCCCCCCC(NS(=O)(=O)c1ccc(C)cc1)C(=O)n1nc(C)cc1C. The Morgan fingerprint density at radius 1 is 1.10 bits per heavy atom. The van der Waals surface area contributed by atoms with Gasteiger partial charge in [0.2, 0.25) is 10.0 Å². The minimum Gasteiger partial charge on any atom is -0.271 e. The molecular weight excluding hydrogens is 398 g/mol. The fraction of sp³-hybridized carbons (Fsp3) is 0.478. The molecule has 2 rings (SSSR count). The number of sulfonamides is 1. The van der Waals surface area contributed by atoms with Crippen LogP contribution in [0.4, 0.5) is 0 Å². The van der Waals surface area contributed by atoms with Crippen molar-refractivity contribution in [2.75, 3.05) is 0 Å². The van der Waals surface area contributed by atoms with Crippen molar-refractivity contribution in [3.05, 3.63) is 59.9 Å². The number of benzene rings is 1. The highest BCUT2D eigenvalue weighted by atomic mass is 32.2. The van der Waals surface area contributed by atoms with E-state index < -0.39 is 16.1 Å². The van der Waals surface area contributed by atoms with E-state index in [0.29, 0.717) is 12.1 Å². The molecule has 1 aromatic carbocycles. The van der Waals surface area contributed by atoms with E-state index in [4.69, 9.17) is 0 Å². The maximum Gasteiger partial charge on any atom is 0.265 e. The molecule has 0 bridgehead atoms. The zero-order chi connectivity index (χ0) is 22.1. The van der Waals surface area contributed by atoms with Gasteiger partial charge in [0.1, 0.15) is 6.04 Å². The van der Waals surface area contributed by atoms with Crippen LogP contribution in [-0.2, 0) is 10.0 Å². The molecule has 0 saturated heterocycles. The van der Waals surface area contributed by atoms with E-state index in [0.717, 1.165) is 49.8 Å². The first-order chi connectivity index (χ1) is 14.2. The lowest BCUT2D eigenvalue weighted by Crippen LogP contribution is -2.43. The van der Waals surface area contributed by atoms with Gasteiger partial charge in [0.15, 0.2) is 0 Å². The lowest BCUT2D eigenvalue weighted by molar-refractivity contribution is 0.0845. The molecule has 7 heteroatoms. The highest BCUT2D eigenvalue weighted by Gasteiger charge is 2.27. The van der Waals surface area contributed by atoms with Gasteiger partial charge in [-0.2, -0.15) is 9.82 Å². The molecule has 0 radical (unpaired) electrons. The van der Waals surface area contributed by atoms with E-state index in [-0.39, 0.29) is 10.8 Å². The van der Waals surface area contributed by atoms with Crippen LogP contribution in [0.3, 0.4) is 0 Å². The van der Waals surface area contributed by atoms with E-state index in [2.05, 4.69) is 16.4 Å². The first kappa shape index (κ1) is 24.0. The topological polar surface area (TPSA) is 81.1 Å². The van der Waals surface area contributed by atoms with Crippen LogP contribution in [0.25, 0.3) is 0 Å². The minimum atomic E-state index is -3.81. The van der Waals surface area contributed by atoms with Crippen LogP contribution in [0.1, 0.15) is 66.7 Å². The fourth-order valence-electron chi connectivity index (χ4n) is 3.37. The van der Waals surface area contributed by atoms with Crippen LogP contribution < -0.4 is 4.72 Å². The number of rotatable bonds is 12. The number of nitrogens with zero attached hydrogens (tertiary/aromatic N) is 2. The molecule has 164 valence electrons. The summed E-state index contributed by atoms with van der Waals surface area (Å²) in [6.07, 6.45) is 8.35. The summed E-state index contributed by atoms with van der Waals surface area (Å²) in [7, 11) is -3.81. The van der Waals surface area contributed by atoms with Crippen molar-refractivity contribution < 1.29 is 13.2 Å². The Hall–Kier alpha value is -2.25. The van der Waals surface area contributed by atoms with E-state index in [1.165, 1.54) is 4.68 Å². The molecule has 1 unspecified atom stereocenters. The van der Waals surface area contributed by atoms with Crippen molar-refractivity contribution in [1.29, 1.82) is 0 Å². The molecule has 1 aromatic heterocycles. The number of hydrogen-bond donors (Lipinski definition) is 1. The van der Waals surface area contributed by atoms with E-state index >= 15 is 0 Å². The van der Waals surface area contributed by atoms with Crippen LogP contribution in [-0.4, -0.2) is 30.1 Å². The largest absolute Gasteiger partial charge is 0.271 e. The lowest BCUT2D eigenvalue weighted by atomic mass is 10.1. The summed E-state index contributed by atoms with van der Waals surface area (Å²) in [5.41, 5.74) is 2.39. The lowest BCUT2D eigenvalue weighted by Gasteiger charge is -2.18. The molecule has 0 spiro atoms. The molecule has 30 heavy (non-hydrogen) atoms. The summed E-state index contributed by atoms with van der Waals surface area (Å²) in [4.78, 5) is 13.3. The second kappa shape index (κ2) is 11.2. The predicted octanol–water partition coefficient (Wildman–Crippen LogP) is 4.71. The number of carbonyl (C=O) groups is 1. The summed E-state index contributed by atoms with van der Waals surface area (Å²) in [6.45, 7) is 9.23. The summed E-state index contributed by atoms with van der Waals surface area (Å²) in [5.74, 6) is -0.344. The van der Waals surface area contributed by atoms with Crippen LogP contribution >= 0.6 is 0 Å². The Bertz CT molecular complexity index is 947. The van der Waals surface area contributed by atoms with Gasteiger partial charge < -0.3 is 0 Å². The van der Waals surface area contributed by atoms with E-state index in [9.17, 15) is 13.2 Å². The smallest absolute Gasteiger partial charge is 0.265 e. The van der Waals surface area contributed by atoms with Crippen molar-refractivity contribution in [2.45, 2.75) is 76.7 Å². The van der Waals surface area contributed by atoms with Gasteiger partial charge in [0.05, 0.1) is 10.6 Å². The molecule has 2 aromatic rings. The first-order valence-electron chi connectivity index (χ1n) is 10.5. The standard InChI is InChI=1S/C23H33N3O3S/c1-5-6-7-8-9-10-11-12-22(23(27)26-20(4)17-19(3)24-26)25-30(28,29)21-15-13-18(2)14-16-21/h5,13-17,22,25H,1,6-12H2,2-4H3. The minimum absolute atomic E-state index is 0.156. The molecule has 1 heterocycles. The number of aryl methyl sites for hydroxylation is 3. The molecule has 0 amide bonds. The van der Waals surface area contributed by atoms with Gasteiger partial charge in [-0.25, -0.2) is 13.1 Å². The van der Waals surface area contributed by atoms with Crippen molar-refractivity contribution in [3.8, 4) is 0 Å². The highest BCUT2D eigenvalue weighted by molar-refractivity contribution is 7.89. The molecule has 1 N–H and O–H groups in total. The number of allylic oxidation sites excluding steroid dienone is 1. The Morgan fingerprint density at radius 3 is 2.33 bits per heavy atom. The quantitative estimate of drug-likeness (QED) is 0.390. The van der Waals surface area contributed by atoms with Crippen molar-refractivity contribution in [2.24, 2.45) is 0 Å². The van der Waals surface area contributed by atoms with Gasteiger partial charge in [0.25, 0.3) is 5.91 Å². The second-order valence-electron chi connectivity index (χ2n) is 7.80. The Balaban J connectivity index is 2.12. The van der Waals surface area contributed by atoms with Gasteiger partial charge in [-0.05, 0) is 58.2 Å². The summed E-state index contributed by atoms with van der Waals surface area (Å²) in [6, 6.07) is 7.56. The van der Waals surface area contributed by atoms with Crippen LogP contribution in [0.5, 0.6) is 0 Å². The molecule has 0 aliphatic heterocycles. The average molecular weight is 432 g/mol. The zero-order valence-electron chi connectivity index (χ0n) is 18.2. The third-order valence-corrected chi connectivity index (χ3v) is 6.53. The highest BCUT2D eigenvalue weighted by Crippen LogP contribution is 2.16. The monoisotopic (exact) mass is 431 g/mol. The van der Waals surface area contributed by atoms with Crippen molar-refractivity contribution >= 4 is 15.9 Å². The van der Waals surface area contributed by atoms with Crippen LogP contribution in [0.15, 0.2) is 47.9 Å². The number of carbonyl (C=O) groups excluding carboxylic acids is 1. The normalized spacial score (nSPS) is 12.6. The second-order valence-corrected chi connectivity index (χ2v) is 9.51. The van der Waals surface area contributed by atoms with Gasteiger partial charge in [-0.15, -0.1) is 6.58 Å². The fourth-order valence-corrected chi connectivity index (χ4v) is 4.60. The van der Waals surface area contributed by atoms with E-state index in [1.54, 1.807) is 31.2 Å². The maximum absolute atomic E-state index is 13.1. The molecular formula is C23H33N3O3S. The van der Waals surface area contributed by atoms with Gasteiger partial charge >= 0.3 is 0 Å². The molecule has 1 atom stereocenters. The maximum atomic E-state index is 13.1. The Morgan fingerprint density at radius 2 is 1.73 bits per heavy atom. The predicted molar refractivity (Wildman–Crippen MR) is 120 cm³/mol. The Kier molecular flexibility index (Phi) is 8.99. The summed E-state index contributed by atoms with van der Waals surface area (Å²) in [5, 5.41) is 4.25. The van der Waals surface area contributed by atoms with Gasteiger partial charge in [-0.1, -0.05) is 49.5 Å². The summed E-state index contributed by atoms with van der Waals surface area (Å²) < 4.78 is 29.7. The first-order valence-corrected chi connectivity index (χ1v) is 12.0. The average Bonchev–Trinajstić information content (AvgIpc) is 3.04. The van der Waals surface area contributed by atoms with Gasteiger partial charge in [0, 0.05) is 5.69 Å². The van der Waals surface area contributed by atoms with Gasteiger partial charge in [-0.3, -0.25) is 4.79 Å². The van der Waals surface area contributed by atoms with Crippen LogP contribution in [0.2, 0.25) is 0 Å². The number of aromatic nitrogens is 2. The zero-order valence-corrected chi connectivity index (χ0v) is 19.0. The molecule has 6 nitrogen and oxygen atoms in total. The summed E-state index contributed by atoms with van der Waals surface area (Å²) >= 11 is 0. The van der Waals surface area contributed by atoms with Crippen LogP contribution in [0, 0.1) is 20.8 Å².